The predicted molar refractivity (Wildman–Crippen MR) is 81.1 cm³/mol. The summed E-state index contributed by atoms with van der Waals surface area (Å²) in [6.45, 7) is 1.14. The molecule has 0 aliphatic heterocycles. The van der Waals surface area contributed by atoms with Gasteiger partial charge in [-0.05, 0) is 23.3 Å². The molecule has 2 rings (SSSR count). The summed E-state index contributed by atoms with van der Waals surface area (Å²) in [6.07, 6.45) is -0.509. The minimum Gasteiger partial charge on any atom is -0.495 e. The van der Waals surface area contributed by atoms with Gasteiger partial charge in [0.2, 0.25) is 0 Å². The molecule has 0 unspecified atom stereocenters. The zero-order valence-corrected chi connectivity index (χ0v) is 12.1. The van der Waals surface area contributed by atoms with Gasteiger partial charge < -0.3 is 15.2 Å². The molecule has 0 saturated carbocycles. The van der Waals surface area contributed by atoms with Crippen molar-refractivity contribution in [2.24, 2.45) is 0 Å². The summed E-state index contributed by atoms with van der Waals surface area (Å²) in [6, 6.07) is 15.3. The number of methoxy groups -OCH3 is 1. The summed E-state index contributed by atoms with van der Waals surface area (Å²) < 4.78 is 5.11. The van der Waals surface area contributed by atoms with Crippen molar-refractivity contribution in [3.05, 3.63) is 64.7 Å². The largest absolute Gasteiger partial charge is 0.495 e. The van der Waals surface area contributed by atoms with Crippen molar-refractivity contribution in [1.29, 1.82) is 0 Å². The minimum atomic E-state index is -0.509. The standard InChI is InChI=1S/C16H18ClNO2/c1-20-16-8-7-12(9-14(16)17)10-18-11-15(19)13-5-3-2-4-6-13/h2-9,15,18-19H,10-11H2,1H3/t15-/m0/s1. The first kappa shape index (κ1) is 14.9. The fourth-order valence-electron chi connectivity index (χ4n) is 1.97. The van der Waals surface area contributed by atoms with Crippen molar-refractivity contribution >= 4 is 11.6 Å². The second-order valence-electron chi connectivity index (χ2n) is 4.53. The van der Waals surface area contributed by atoms with Crippen LogP contribution in [0.2, 0.25) is 5.02 Å². The van der Waals surface area contributed by atoms with Crippen LogP contribution < -0.4 is 10.1 Å². The normalized spacial score (nSPS) is 12.2. The lowest BCUT2D eigenvalue weighted by molar-refractivity contribution is 0.174. The first-order valence-electron chi connectivity index (χ1n) is 6.47. The van der Waals surface area contributed by atoms with Crippen LogP contribution in [0.15, 0.2) is 48.5 Å². The summed E-state index contributed by atoms with van der Waals surface area (Å²) in [5.41, 5.74) is 1.96. The van der Waals surface area contributed by atoms with Gasteiger partial charge in [0, 0.05) is 13.1 Å². The smallest absolute Gasteiger partial charge is 0.137 e. The molecule has 2 aromatic rings. The van der Waals surface area contributed by atoms with E-state index in [0.29, 0.717) is 23.9 Å². The Morgan fingerprint density at radius 1 is 1.20 bits per heavy atom. The van der Waals surface area contributed by atoms with E-state index in [4.69, 9.17) is 16.3 Å². The number of ether oxygens (including phenoxy) is 1. The van der Waals surface area contributed by atoms with Crippen LogP contribution in [0.25, 0.3) is 0 Å². The first-order chi connectivity index (χ1) is 9.70. The van der Waals surface area contributed by atoms with Crippen LogP contribution in [0.4, 0.5) is 0 Å². The van der Waals surface area contributed by atoms with E-state index in [0.717, 1.165) is 11.1 Å². The van der Waals surface area contributed by atoms with Gasteiger partial charge >= 0.3 is 0 Å². The van der Waals surface area contributed by atoms with Crippen molar-refractivity contribution in [3.63, 3.8) is 0 Å². The van der Waals surface area contributed by atoms with Gasteiger partial charge in [-0.2, -0.15) is 0 Å². The third-order valence-corrected chi connectivity index (χ3v) is 3.36. The van der Waals surface area contributed by atoms with Crippen LogP contribution in [0.3, 0.4) is 0 Å². The Labute approximate surface area is 124 Å². The van der Waals surface area contributed by atoms with Gasteiger partial charge in [-0.1, -0.05) is 48.0 Å². The van der Waals surface area contributed by atoms with Crippen LogP contribution >= 0.6 is 11.6 Å². The van der Waals surface area contributed by atoms with Crippen LogP contribution in [-0.2, 0) is 6.54 Å². The van der Waals surface area contributed by atoms with Gasteiger partial charge in [-0.15, -0.1) is 0 Å². The topological polar surface area (TPSA) is 41.5 Å². The molecule has 0 fully saturated rings. The second-order valence-corrected chi connectivity index (χ2v) is 4.93. The molecule has 2 aromatic carbocycles. The summed E-state index contributed by atoms with van der Waals surface area (Å²) >= 11 is 6.06. The van der Waals surface area contributed by atoms with Crippen LogP contribution in [0.1, 0.15) is 17.2 Å². The molecule has 0 bridgehead atoms. The monoisotopic (exact) mass is 291 g/mol. The molecule has 1 atom stereocenters. The summed E-state index contributed by atoms with van der Waals surface area (Å²) in [5.74, 6) is 0.666. The number of rotatable bonds is 6. The lowest BCUT2D eigenvalue weighted by Crippen LogP contribution is -2.21. The minimum absolute atomic E-state index is 0.494. The molecular weight excluding hydrogens is 274 g/mol. The fourth-order valence-corrected chi connectivity index (χ4v) is 2.25. The van der Waals surface area contributed by atoms with Gasteiger partial charge in [-0.3, -0.25) is 0 Å². The lowest BCUT2D eigenvalue weighted by Gasteiger charge is -2.12. The molecule has 0 aliphatic rings. The highest BCUT2D eigenvalue weighted by Crippen LogP contribution is 2.24. The van der Waals surface area contributed by atoms with E-state index in [2.05, 4.69) is 5.32 Å². The predicted octanol–water partition coefficient (Wildman–Crippen LogP) is 3.17. The van der Waals surface area contributed by atoms with Crippen molar-refractivity contribution < 1.29 is 9.84 Å². The maximum atomic E-state index is 10.0. The maximum absolute atomic E-state index is 10.0. The van der Waals surface area contributed by atoms with Gasteiger partial charge in [0.15, 0.2) is 0 Å². The average molecular weight is 292 g/mol. The molecule has 106 valence electrons. The Kier molecular flexibility index (Phi) is 5.41. The van der Waals surface area contributed by atoms with Crippen molar-refractivity contribution in [2.75, 3.05) is 13.7 Å². The van der Waals surface area contributed by atoms with Crippen molar-refractivity contribution in [1.82, 2.24) is 5.32 Å². The maximum Gasteiger partial charge on any atom is 0.137 e. The number of aliphatic hydroxyl groups is 1. The zero-order chi connectivity index (χ0) is 14.4. The molecule has 0 amide bonds. The van der Waals surface area contributed by atoms with Crippen LogP contribution in [-0.4, -0.2) is 18.8 Å². The number of halogens is 1. The second kappa shape index (κ2) is 7.29. The number of nitrogens with one attached hydrogen (secondary N) is 1. The molecule has 20 heavy (non-hydrogen) atoms. The number of hydrogen-bond donors (Lipinski definition) is 2. The SMILES string of the molecule is COc1ccc(CNC[C@H](O)c2ccccc2)cc1Cl. The average Bonchev–Trinajstić information content (AvgIpc) is 2.48. The van der Waals surface area contributed by atoms with E-state index < -0.39 is 6.10 Å². The molecule has 0 spiro atoms. The summed E-state index contributed by atoms with van der Waals surface area (Å²) in [4.78, 5) is 0. The molecule has 0 aliphatic carbocycles. The molecule has 2 N–H and O–H groups in total. The third kappa shape index (κ3) is 3.97. The highest BCUT2D eigenvalue weighted by Gasteiger charge is 2.06. The molecule has 4 heteroatoms. The van der Waals surface area contributed by atoms with Crippen LogP contribution in [0, 0.1) is 0 Å². The molecule has 0 aromatic heterocycles. The highest BCUT2D eigenvalue weighted by atomic mass is 35.5. The van der Waals surface area contributed by atoms with E-state index in [-0.39, 0.29) is 0 Å². The molecule has 0 radical (unpaired) electrons. The summed E-state index contributed by atoms with van der Waals surface area (Å²) in [5, 5.41) is 13.8. The van der Waals surface area contributed by atoms with Gasteiger partial charge in [-0.25, -0.2) is 0 Å². The van der Waals surface area contributed by atoms with E-state index in [1.807, 2.05) is 48.5 Å². The van der Waals surface area contributed by atoms with Gasteiger partial charge in [0.1, 0.15) is 5.75 Å². The van der Waals surface area contributed by atoms with Gasteiger partial charge in [0.25, 0.3) is 0 Å². The fraction of sp³-hybridized carbons (Fsp3) is 0.250. The number of hydrogen-bond acceptors (Lipinski definition) is 3. The third-order valence-electron chi connectivity index (χ3n) is 3.07. The quantitative estimate of drug-likeness (QED) is 0.859. The molecule has 0 heterocycles. The van der Waals surface area contributed by atoms with E-state index in [1.54, 1.807) is 7.11 Å². The van der Waals surface area contributed by atoms with E-state index in [9.17, 15) is 5.11 Å². The first-order valence-corrected chi connectivity index (χ1v) is 6.84. The molecule has 0 saturated heterocycles. The summed E-state index contributed by atoms with van der Waals surface area (Å²) in [7, 11) is 1.59. The van der Waals surface area contributed by atoms with Crippen molar-refractivity contribution in [3.8, 4) is 5.75 Å². The Bertz CT molecular complexity index is 545. The Hall–Kier alpha value is -1.55. The zero-order valence-electron chi connectivity index (χ0n) is 11.3. The molecular formula is C16H18ClNO2. The number of benzene rings is 2. The van der Waals surface area contributed by atoms with E-state index >= 15 is 0 Å². The Morgan fingerprint density at radius 3 is 2.60 bits per heavy atom. The lowest BCUT2D eigenvalue weighted by atomic mass is 10.1. The molecule has 3 nitrogen and oxygen atoms in total. The van der Waals surface area contributed by atoms with Gasteiger partial charge in [0.05, 0.1) is 18.2 Å². The Morgan fingerprint density at radius 2 is 1.95 bits per heavy atom. The highest BCUT2D eigenvalue weighted by molar-refractivity contribution is 6.32. The van der Waals surface area contributed by atoms with Crippen LogP contribution in [0.5, 0.6) is 5.75 Å². The van der Waals surface area contributed by atoms with Crippen molar-refractivity contribution in [2.45, 2.75) is 12.6 Å². The van der Waals surface area contributed by atoms with E-state index in [1.165, 1.54) is 0 Å². The Balaban J connectivity index is 1.85. The number of aliphatic hydroxyl groups excluding tert-OH is 1.